The highest BCUT2D eigenvalue weighted by molar-refractivity contribution is 9.10. The molecule has 0 aliphatic carbocycles. The minimum absolute atomic E-state index is 0.272. The van der Waals surface area contributed by atoms with Gasteiger partial charge in [-0.2, -0.15) is 0 Å². The number of rotatable bonds is 2. The number of hydrogen-bond donors (Lipinski definition) is 0. The molecule has 5 heteroatoms. The summed E-state index contributed by atoms with van der Waals surface area (Å²) in [5.41, 5.74) is 0.858. The molecule has 0 bridgehead atoms. The maximum Gasteiger partial charge on any atom is 0.224 e. The number of nitrogens with zero attached hydrogens (tertiary/aromatic N) is 2. The number of benzene rings is 2. The first-order valence-electron chi connectivity index (χ1n) is 5.59. The molecule has 2 aromatic carbocycles. The van der Waals surface area contributed by atoms with Crippen LogP contribution in [0.2, 0.25) is 5.28 Å². The largest absolute Gasteiger partial charge is 0.224 e. The Morgan fingerprint density at radius 1 is 0.947 bits per heavy atom. The van der Waals surface area contributed by atoms with Gasteiger partial charge < -0.3 is 0 Å². The summed E-state index contributed by atoms with van der Waals surface area (Å²) in [7, 11) is 0. The maximum absolute atomic E-state index is 5.98. The molecule has 1 aromatic heterocycles. The highest BCUT2D eigenvalue weighted by Gasteiger charge is 2.09. The molecule has 0 aliphatic rings. The molecule has 0 N–H and O–H groups in total. The summed E-state index contributed by atoms with van der Waals surface area (Å²) in [6, 6.07) is 15.9. The summed E-state index contributed by atoms with van der Waals surface area (Å²) in [6.45, 7) is 0. The highest BCUT2D eigenvalue weighted by atomic mass is 79.9. The third kappa shape index (κ3) is 2.76. The van der Waals surface area contributed by atoms with Gasteiger partial charge in [0.15, 0.2) is 0 Å². The third-order valence-corrected chi connectivity index (χ3v) is 4.79. The van der Waals surface area contributed by atoms with E-state index in [2.05, 4.69) is 25.9 Å². The molecule has 1 heterocycles. The van der Waals surface area contributed by atoms with Gasteiger partial charge in [-0.1, -0.05) is 42.1 Å². The van der Waals surface area contributed by atoms with Crippen molar-refractivity contribution < 1.29 is 0 Å². The van der Waals surface area contributed by atoms with Crippen molar-refractivity contribution in [2.75, 3.05) is 0 Å². The summed E-state index contributed by atoms with van der Waals surface area (Å²) < 4.78 is 1.04. The van der Waals surface area contributed by atoms with Crippen LogP contribution in [-0.2, 0) is 0 Å². The van der Waals surface area contributed by atoms with Gasteiger partial charge in [-0.25, -0.2) is 9.97 Å². The van der Waals surface area contributed by atoms with Crippen molar-refractivity contribution in [3.05, 3.63) is 58.3 Å². The van der Waals surface area contributed by atoms with E-state index in [-0.39, 0.29) is 5.28 Å². The van der Waals surface area contributed by atoms with Crippen LogP contribution in [0.3, 0.4) is 0 Å². The van der Waals surface area contributed by atoms with Crippen molar-refractivity contribution in [3.8, 4) is 0 Å². The van der Waals surface area contributed by atoms with Gasteiger partial charge in [-0.15, -0.1) is 0 Å². The lowest BCUT2D eigenvalue weighted by Crippen LogP contribution is -1.89. The lowest BCUT2D eigenvalue weighted by Gasteiger charge is -2.06. The van der Waals surface area contributed by atoms with Crippen molar-refractivity contribution in [3.63, 3.8) is 0 Å². The molecule has 2 nitrogen and oxygen atoms in total. The Morgan fingerprint density at radius 3 is 2.53 bits per heavy atom. The van der Waals surface area contributed by atoms with Gasteiger partial charge >= 0.3 is 0 Å². The van der Waals surface area contributed by atoms with Gasteiger partial charge in [0.1, 0.15) is 5.03 Å². The van der Waals surface area contributed by atoms with Gasteiger partial charge in [-0.3, -0.25) is 0 Å². The van der Waals surface area contributed by atoms with E-state index in [1.165, 1.54) is 0 Å². The van der Waals surface area contributed by atoms with E-state index in [4.69, 9.17) is 11.6 Å². The van der Waals surface area contributed by atoms with Gasteiger partial charge in [0.2, 0.25) is 5.28 Å². The Labute approximate surface area is 128 Å². The molecule has 0 unspecified atom stereocenters. The van der Waals surface area contributed by atoms with Crippen LogP contribution in [0.25, 0.3) is 10.9 Å². The molecule has 94 valence electrons. The molecule has 19 heavy (non-hydrogen) atoms. The fraction of sp³-hybridized carbons (Fsp3) is 0. The van der Waals surface area contributed by atoms with E-state index >= 15 is 0 Å². The zero-order valence-corrected chi connectivity index (χ0v) is 12.8. The average molecular weight is 352 g/mol. The van der Waals surface area contributed by atoms with E-state index in [0.717, 1.165) is 25.3 Å². The first kappa shape index (κ1) is 12.9. The second-order valence-electron chi connectivity index (χ2n) is 3.85. The predicted molar refractivity (Wildman–Crippen MR) is 82.8 cm³/mol. The molecular formula is C14H8BrClN2S. The van der Waals surface area contributed by atoms with Crippen LogP contribution in [0.5, 0.6) is 0 Å². The summed E-state index contributed by atoms with van der Waals surface area (Å²) in [5.74, 6) is 0. The maximum atomic E-state index is 5.98. The molecule has 3 rings (SSSR count). The van der Waals surface area contributed by atoms with E-state index < -0.39 is 0 Å². The molecule has 3 aromatic rings. The molecule has 0 saturated heterocycles. The van der Waals surface area contributed by atoms with Crippen LogP contribution < -0.4 is 0 Å². The van der Waals surface area contributed by atoms with E-state index in [1.807, 2.05) is 48.5 Å². The van der Waals surface area contributed by atoms with Crippen LogP contribution in [0, 0.1) is 0 Å². The highest BCUT2D eigenvalue weighted by Crippen LogP contribution is 2.35. The van der Waals surface area contributed by atoms with Crippen molar-refractivity contribution in [1.29, 1.82) is 0 Å². The Balaban J connectivity index is 2.13. The van der Waals surface area contributed by atoms with E-state index in [1.54, 1.807) is 11.8 Å². The van der Waals surface area contributed by atoms with Gasteiger partial charge in [0, 0.05) is 14.8 Å². The molecular weight excluding hydrogens is 344 g/mol. The summed E-state index contributed by atoms with van der Waals surface area (Å²) in [4.78, 5) is 9.66. The summed E-state index contributed by atoms with van der Waals surface area (Å²) >= 11 is 11.1. The lowest BCUT2D eigenvalue weighted by atomic mass is 10.2. The Kier molecular flexibility index (Phi) is 3.73. The van der Waals surface area contributed by atoms with Gasteiger partial charge in [0.25, 0.3) is 0 Å². The standard InChI is InChI=1S/C14H8BrClN2S/c15-10-6-2-4-8-12(10)19-13-9-5-1-3-7-11(9)17-14(16)18-13/h1-8H. The van der Waals surface area contributed by atoms with Crippen molar-refractivity contribution in [2.45, 2.75) is 9.92 Å². The van der Waals surface area contributed by atoms with Crippen LogP contribution in [0.1, 0.15) is 0 Å². The number of hydrogen-bond acceptors (Lipinski definition) is 3. The topological polar surface area (TPSA) is 25.8 Å². The average Bonchev–Trinajstić information content (AvgIpc) is 2.41. The molecule has 0 saturated carbocycles. The number of aromatic nitrogens is 2. The van der Waals surface area contributed by atoms with Gasteiger partial charge in [-0.05, 0) is 45.7 Å². The molecule has 0 atom stereocenters. The van der Waals surface area contributed by atoms with E-state index in [0.29, 0.717) is 0 Å². The Morgan fingerprint density at radius 2 is 1.68 bits per heavy atom. The Bertz CT molecular complexity index is 748. The first-order chi connectivity index (χ1) is 9.24. The zero-order valence-electron chi connectivity index (χ0n) is 9.68. The third-order valence-electron chi connectivity index (χ3n) is 2.58. The predicted octanol–water partition coefficient (Wildman–Crippen LogP) is 5.20. The Hall–Kier alpha value is -1.10. The monoisotopic (exact) mass is 350 g/mol. The van der Waals surface area contributed by atoms with Crippen LogP contribution in [0.15, 0.2) is 62.9 Å². The minimum atomic E-state index is 0.272. The molecule has 0 aliphatic heterocycles. The SMILES string of the molecule is Clc1nc(Sc2ccccc2Br)c2ccccc2n1. The fourth-order valence-electron chi connectivity index (χ4n) is 1.73. The lowest BCUT2D eigenvalue weighted by molar-refractivity contribution is 1.10. The quantitative estimate of drug-likeness (QED) is 0.469. The smallest absolute Gasteiger partial charge is 0.218 e. The van der Waals surface area contributed by atoms with Gasteiger partial charge in [0.05, 0.1) is 5.52 Å². The van der Waals surface area contributed by atoms with Crippen LogP contribution >= 0.6 is 39.3 Å². The van der Waals surface area contributed by atoms with Crippen LogP contribution in [-0.4, -0.2) is 9.97 Å². The molecule has 0 spiro atoms. The number of halogens is 2. The second kappa shape index (κ2) is 5.49. The number of fused-ring (bicyclic) bond motifs is 1. The molecule has 0 fully saturated rings. The normalized spacial score (nSPS) is 10.8. The number of para-hydroxylation sites is 1. The van der Waals surface area contributed by atoms with Crippen LogP contribution in [0.4, 0.5) is 0 Å². The zero-order chi connectivity index (χ0) is 13.2. The fourth-order valence-corrected chi connectivity index (χ4v) is 3.42. The minimum Gasteiger partial charge on any atom is -0.218 e. The second-order valence-corrected chi connectivity index (χ2v) is 6.07. The summed E-state index contributed by atoms with van der Waals surface area (Å²) in [6.07, 6.45) is 0. The van der Waals surface area contributed by atoms with Crippen molar-refractivity contribution in [2.24, 2.45) is 0 Å². The van der Waals surface area contributed by atoms with Crippen molar-refractivity contribution in [1.82, 2.24) is 9.97 Å². The molecule has 0 radical (unpaired) electrons. The van der Waals surface area contributed by atoms with Crippen molar-refractivity contribution >= 4 is 50.2 Å². The summed E-state index contributed by atoms with van der Waals surface area (Å²) in [5, 5.41) is 2.14. The molecule has 0 amide bonds. The first-order valence-corrected chi connectivity index (χ1v) is 7.57. The van der Waals surface area contributed by atoms with E-state index in [9.17, 15) is 0 Å².